The summed E-state index contributed by atoms with van der Waals surface area (Å²) in [5.74, 6) is -0.101. The molecule has 1 heterocycles. The van der Waals surface area contributed by atoms with E-state index in [1.54, 1.807) is 0 Å². The van der Waals surface area contributed by atoms with Gasteiger partial charge in [0, 0.05) is 11.8 Å². The SMILES string of the molecule is CCC(CO)NC(=O)Cc1csc(CCN)n1. The van der Waals surface area contributed by atoms with Gasteiger partial charge in [-0.05, 0) is 13.0 Å². The summed E-state index contributed by atoms with van der Waals surface area (Å²) in [5.41, 5.74) is 6.20. The molecule has 6 heteroatoms. The number of aliphatic hydroxyl groups excluding tert-OH is 1. The van der Waals surface area contributed by atoms with E-state index in [9.17, 15) is 4.79 Å². The van der Waals surface area contributed by atoms with E-state index in [1.807, 2.05) is 12.3 Å². The Hall–Kier alpha value is -0.980. The van der Waals surface area contributed by atoms with Gasteiger partial charge in [-0.2, -0.15) is 0 Å². The molecule has 0 aliphatic carbocycles. The zero-order chi connectivity index (χ0) is 12.7. The molecule has 17 heavy (non-hydrogen) atoms. The third-order valence-corrected chi connectivity index (χ3v) is 3.33. The minimum atomic E-state index is -0.162. The maximum absolute atomic E-state index is 11.6. The van der Waals surface area contributed by atoms with Crippen LogP contribution >= 0.6 is 11.3 Å². The number of hydrogen-bond donors (Lipinski definition) is 3. The highest BCUT2D eigenvalue weighted by Gasteiger charge is 2.11. The lowest BCUT2D eigenvalue weighted by molar-refractivity contribution is -0.121. The van der Waals surface area contributed by atoms with Crippen molar-refractivity contribution in [1.29, 1.82) is 0 Å². The lowest BCUT2D eigenvalue weighted by atomic mass is 10.2. The van der Waals surface area contributed by atoms with E-state index >= 15 is 0 Å². The van der Waals surface area contributed by atoms with E-state index in [0.29, 0.717) is 6.54 Å². The highest BCUT2D eigenvalue weighted by Crippen LogP contribution is 2.10. The van der Waals surface area contributed by atoms with Crippen molar-refractivity contribution in [2.75, 3.05) is 13.2 Å². The molecule has 0 aromatic carbocycles. The molecule has 1 aromatic heterocycles. The summed E-state index contributed by atoms with van der Waals surface area (Å²) in [6, 6.07) is -0.162. The number of thiazole rings is 1. The number of hydrogen-bond acceptors (Lipinski definition) is 5. The van der Waals surface area contributed by atoms with E-state index < -0.39 is 0 Å². The number of nitrogens with one attached hydrogen (secondary N) is 1. The van der Waals surface area contributed by atoms with Crippen LogP contribution in [0.5, 0.6) is 0 Å². The molecular weight excluding hydrogens is 238 g/mol. The molecule has 0 saturated heterocycles. The third-order valence-electron chi connectivity index (χ3n) is 2.38. The summed E-state index contributed by atoms with van der Waals surface area (Å²) in [6.45, 7) is 2.46. The van der Waals surface area contributed by atoms with Gasteiger partial charge in [0.25, 0.3) is 0 Å². The van der Waals surface area contributed by atoms with Crippen molar-refractivity contribution in [3.05, 3.63) is 16.1 Å². The number of carbonyl (C=O) groups excluding carboxylic acids is 1. The summed E-state index contributed by atoms with van der Waals surface area (Å²) >= 11 is 1.53. The van der Waals surface area contributed by atoms with Crippen molar-refractivity contribution in [2.24, 2.45) is 5.73 Å². The molecule has 0 aliphatic rings. The number of nitrogens with zero attached hydrogens (tertiary/aromatic N) is 1. The van der Waals surface area contributed by atoms with Gasteiger partial charge >= 0.3 is 0 Å². The van der Waals surface area contributed by atoms with Crippen molar-refractivity contribution in [3.8, 4) is 0 Å². The highest BCUT2D eigenvalue weighted by atomic mass is 32.1. The zero-order valence-corrected chi connectivity index (χ0v) is 10.8. The Bertz CT molecular complexity index is 350. The van der Waals surface area contributed by atoms with Crippen LogP contribution in [0.4, 0.5) is 0 Å². The van der Waals surface area contributed by atoms with Crippen LogP contribution in [0.2, 0.25) is 0 Å². The number of aromatic nitrogens is 1. The molecule has 5 nitrogen and oxygen atoms in total. The van der Waals surface area contributed by atoms with E-state index in [1.165, 1.54) is 11.3 Å². The number of rotatable bonds is 7. The molecule has 0 fully saturated rings. The molecule has 0 bridgehead atoms. The van der Waals surface area contributed by atoms with Crippen molar-refractivity contribution in [2.45, 2.75) is 32.2 Å². The first-order valence-electron chi connectivity index (χ1n) is 5.73. The van der Waals surface area contributed by atoms with Crippen molar-refractivity contribution < 1.29 is 9.90 Å². The van der Waals surface area contributed by atoms with Crippen LogP contribution in [-0.2, 0) is 17.6 Å². The van der Waals surface area contributed by atoms with Gasteiger partial charge in [-0.3, -0.25) is 4.79 Å². The molecule has 1 aromatic rings. The Morgan fingerprint density at radius 3 is 3.06 bits per heavy atom. The lowest BCUT2D eigenvalue weighted by Gasteiger charge is -2.13. The van der Waals surface area contributed by atoms with Gasteiger partial charge in [0.15, 0.2) is 0 Å². The van der Waals surface area contributed by atoms with Crippen LogP contribution in [0.3, 0.4) is 0 Å². The Balaban J connectivity index is 2.44. The number of carbonyl (C=O) groups is 1. The Kier molecular flexibility index (Phi) is 6.10. The normalized spacial score (nSPS) is 12.4. The molecule has 0 spiro atoms. The van der Waals surface area contributed by atoms with Gasteiger partial charge in [0.1, 0.15) is 0 Å². The Morgan fingerprint density at radius 2 is 2.47 bits per heavy atom. The first-order valence-corrected chi connectivity index (χ1v) is 6.61. The maximum Gasteiger partial charge on any atom is 0.226 e. The zero-order valence-electron chi connectivity index (χ0n) is 9.98. The fourth-order valence-corrected chi connectivity index (χ4v) is 2.20. The number of aliphatic hydroxyl groups is 1. The van der Waals surface area contributed by atoms with Crippen LogP contribution in [0.1, 0.15) is 24.0 Å². The molecule has 0 aliphatic heterocycles. The van der Waals surface area contributed by atoms with E-state index in [-0.39, 0.29) is 25.0 Å². The van der Waals surface area contributed by atoms with E-state index in [2.05, 4.69) is 10.3 Å². The van der Waals surface area contributed by atoms with Gasteiger partial charge in [-0.25, -0.2) is 4.98 Å². The average molecular weight is 257 g/mol. The quantitative estimate of drug-likeness (QED) is 0.645. The fourth-order valence-electron chi connectivity index (χ4n) is 1.39. The van der Waals surface area contributed by atoms with Crippen molar-refractivity contribution in [3.63, 3.8) is 0 Å². The fraction of sp³-hybridized carbons (Fsp3) is 0.636. The predicted octanol–water partition coefficient (Wildman–Crippen LogP) is 0.0739. The lowest BCUT2D eigenvalue weighted by Crippen LogP contribution is -2.37. The predicted molar refractivity (Wildman–Crippen MR) is 67.9 cm³/mol. The third kappa shape index (κ3) is 4.80. The Morgan fingerprint density at radius 1 is 1.71 bits per heavy atom. The topological polar surface area (TPSA) is 88.2 Å². The Labute approximate surface area is 105 Å². The summed E-state index contributed by atoms with van der Waals surface area (Å²) < 4.78 is 0. The molecule has 0 saturated carbocycles. The molecule has 1 atom stereocenters. The van der Waals surface area contributed by atoms with E-state index in [0.717, 1.165) is 23.5 Å². The summed E-state index contributed by atoms with van der Waals surface area (Å²) in [5, 5.41) is 14.6. The largest absolute Gasteiger partial charge is 0.394 e. The molecule has 1 rings (SSSR count). The monoisotopic (exact) mass is 257 g/mol. The molecule has 1 amide bonds. The van der Waals surface area contributed by atoms with E-state index in [4.69, 9.17) is 10.8 Å². The van der Waals surface area contributed by atoms with Crippen LogP contribution in [0.15, 0.2) is 5.38 Å². The summed E-state index contributed by atoms with van der Waals surface area (Å²) in [6.07, 6.45) is 1.73. The van der Waals surface area contributed by atoms with Gasteiger partial charge in [-0.15, -0.1) is 11.3 Å². The van der Waals surface area contributed by atoms with Gasteiger partial charge in [0.2, 0.25) is 5.91 Å². The maximum atomic E-state index is 11.6. The second-order valence-electron chi connectivity index (χ2n) is 3.80. The molecular formula is C11H19N3O2S. The number of nitrogens with two attached hydrogens (primary N) is 1. The first-order chi connectivity index (χ1) is 8.19. The van der Waals surface area contributed by atoms with Gasteiger partial charge in [0.05, 0.1) is 29.8 Å². The van der Waals surface area contributed by atoms with Crippen molar-refractivity contribution in [1.82, 2.24) is 10.3 Å². The first kappa shape index (κ1) is 14.1. The van der Waals surface area contributed by atoms with Crippen LogP contribution in [-0.4, -0.2) is 35.2 Å². The van der Waals surface area contributed by atoms with Gasteiger partial charge < -0.3 is 16.2 Å². The standard InChI is InChI=1S/C11H19N3O2S/c1-2-8(6-15)13-10(16)5-9-7-17-11(14-9)3-4-12/h7-8,15H,2-6,12H2,1H3,(H,13,16). The molecule has 4 N–H and O–H groups in total. The minimum Gasteiger partial charge on any atom is -0.394 e. The second kappa shape index (κ2) is 7.37. The van der Waals surface area contributed by atoms with Crippen LogP contribution < -0.4 is 11.1 Å². The van der Waals surface area contributed by atoms with Crippen LogP contribution in [0, 0.1) is 0 Å². The molecule has 0 radical (unpaired) electrons. The second-order valence-corrected chi connectivity index (χ2v) is 4.75. The summed E-state index contributed by atoms with van der Waals surface area (Å²) in [4.78, 5) is 15.9. The van der Waals surface area contributed by atoms with Crippen molar-refractivity contribution >= 4 is 17.2 Å². The van der Waals surface area contributed by atoms with Crippen LogP contribution in [0.25, 0.3) is 0 Å². The smallest absolute Gasteiger partial charge is 0.226 e. The number of amides is 1. The summed E-state index contributed by atoms with van der Waals surface area (Å²) in [7, 11) is 0. The molecule has 1 unspecified atom stereocenters. The molecule has 96 valence electrons. The highest BCUT2D eigenvalue weighted by molar-refractivity contribution is 7.09. The average Bonchev–Trinajstić information content (AvgIpc) is 2.74. The minimum absolute atomic E-state index is 0.0300. The van der Waals surface area contributed by atoms with Gasteiger partial charge in [-0.1, -0.05) is 6.92 Å².